The number of amides is 1. The van der Waals surface area contributed by atoms with E-state index in [1.165, 1.54) is 18.6 Å². The molecule has 7 nitrogen and oxygen atoms in total. The third-order valence-corrected chi connectivity index (χ3v) is 5.57. The Labute approximate surface area is 188 Å². The number of aromatic nitrogens is 4. The van der Waals surface area contributed by atoms with Crippen LogP contribution in [0.1, 0.15) is 21.5 Å². The third-order valence-electron chi connectivity index (χ3n) is 5.01. The maximum atomic E-state index is 12.9. The molecule has 2 aromatic heterocycles. The number of nitrogens with zero attached hydrogens (tertiary/aromatic N) is 4. The Morgan fingerprint density at radius 3 is 2.77 bits per heavy atom. The highest BCUT2D eigenvalue weighted by atomic mass is 35.5. The van der Waals surface area contributed by atoms with E-state index in [2.05, 4.69) is 15.4 Å². The van der Waals surface area contributed by atoms with E-state index in [0.717, 1.165) is 11.1 Å². The van der Waals surface area contributed by atoms with Crippen LogP contribution in [0.15, 0.2) is 59.8 Å². The summed E-state index contributed by atoms with van der Waals surface area (Å²) < 4.78 is 3.16. The Hall–Kier alpha value is -3.16. The fourth-order valence-corrected chi connectivity index (χ4v) is 3.66. The molecule has 0 aliphatic carbocycles. The first-order valence-corrected chi connectivity index (χ1v) is 10.4. The van der Waals surface area contributed by atoms with E-state index in [0.29, 0.717) is 39.7 Å². The summed E-state index contributed by atoms with van der Waals surface area (Å²) in [5.74, 6) is -0.336. The molecule has 2 heterocycles. The average Bonchev–Trinajstić information content (AvgIpc) is 3.17. The Kier molecular flexibility index (Phi) is 6.06. The van der Waals surface area contributed by atoms with Gasteiger partial charge in [0.1, 0.15) is 11.7 Å². The summed E-state index contributed by atoms with van der Waals surface area (Å²) in [4.78, 5) is 29.6. The van der Waals surface area contributed by atoms with Crippen LogP contribution in [0.3, 0.4) is 0 Å². The van der Waals surface area contributed by atoms with Crippen molar-refractivity contribution in [1.29, 1.82) is 0 Å². The highest BCUT2D eigenvalue weighted by molar-refractivity contribution is 6.35. The lowest BCUT2D eigenvalue weighted by atomic mass is 10.1. The summed E-state index contributed by atoms with van der Waals surface area (Å²) in [5, 5.41) is 8.23. The molecule has 0 unspecified atom stereocenters. The number of nitrogens with one attached hydrogen (secondary N) is 1. The summed E-state index contributed by atoms with van der Waals surface area (Å²) in [6, 6.07) is 12.6. The Morgan fingerprint density at radius 1 is 1.16 bits per heavy atom. The van der Waals surface area contributed by atoms with E-state index in [9.17, 15) is 9.59 Å². The van der Waals surface area contributed by atoms with Crippen molar-refractivity contribution in [2.75, 3.05) is 6.54 Å². The number of carbonyl (C=O) groups excluding carboxylic acids is 1. The van der Waals surface area contributed by atoms with Crippen LogP contribution in [0.25, 0.3) is 11.0 Å². The first kappa shape index (κ1) is 21.1. The highest BCUT2D eigenvalue weighted by Gasteiger charge is 2.13. The molecule has 1 amide bonds. The average molecular weight is 456 g/mol. The predicted molar refractivity (Wildman–Crippen MR) is 121 cm³/mol. The molecule has 31 heavy (non-hydrogen) atoms. The molecule has 9 heteroatoms. The zero-order chi connectivity index (χ0) is 22.0. The van der Waals surface area contributed by atoms with Gasteiger partial charge in [-0.05, 0) is 36.2 Å². The number of rotatable bonds is 6. The number of fused-ring (bicyclic) bond motifs is 1. The monoisotopic (exact) mass is 455 g/mol. The Bertz CT molecular complexity index is 1330. The van der Waals surface area contributed by atoms with Gasteiger partial charge in [0.15, 0.2) is 5.65 Å². The van der Waals surface area contributed by atoms with Gasteiger partial charge >= 0.3 is 0 Å². The number of hydrogen-bond acceptors (Lipinski definition) is 4. The zero-order valence-electron chi connectivity index (χ0n) is 16.7. The van der Waals surface area contributed by atoms with Crippen LogP contribution >= 0.6 is 23.2 Å². The van der Waals surface area contributed by atoms with Crippen LogP contribution in [-0.2, 0) is 13.1 Å². The topological polar surface area (TPSA) is 81.8 Å². The largest absolute Gasteiger partial charge is 0.350 e. The third kappa shape index (κ3) is 4.47. The van der Waals surface area contributed by atoms with Crippen LogP contribution < -0.4 is 10.9 Å². The summed E-state index contributed by atoms with van der Waals surface area (Å²) in [7, 11) is 0. The highest BCUT2D eigenvalue weighted by Crippen LogP contribution is 2.20. The molecule has 0 spiro atoms. The molecule has 0 aliphatic rings. The number of benzene rings is 2. The lowest BCUT2D eigenvalue weighted by molar-refractivity contribution is 0.0952. The Balaban J connectivity index is 1.48. The van der Waals surface area contributed by atoms with E-state index in [4.69, 9.17) is 23.2 Å². The standard InChI is InChI=1S/C22H19Cl2N5O2/c1-14-4-2-3-5-15(14)12-28-13-26-20-18(22(28)31)11-27-29(20)9-8-25-21(30)17-10-16(23)6-7-19(17)24/h2-7,10-11,13H,8-9,12H2,1H3,(H,25,30). The van der Waals surface area contributed by atoms with Gasteiger partial charge < -0.3 is 5.32 Å². The molecule has 0 atom stereocenters. The maximum Gasteiger partial charge on any atom is 0.264 e. The quantitative estimate of drug-likeness (QED) is 0.480. The number of halogens is 2. The number of carbonyl (C=O) groups is 1. The first-order chi connectivity index (χ1) is 14.9. The van der Waals surface area contributed by atoms with Crippen LogP contribution in [0.5, 0.6) is 0 Å². The maximum absolute atomic E-state index is 12.9. The predicted octanol–water partition coefficient (Wildman–Crippen LogP) is 3.69. The van der Waals surface area contributed by atoms with E-state index < -0.39 is 0 Å². The van der Waals surface area contributed by atoms with E-state index in [1.54, 1.807) is 21.4 Å². The van der Waals surface area contributed by atoms with Gasteiger partial charge in [-0.15, -0.1) is 0 Å². The Morgan fingerprint density at radius 2 is 1.97 bits per heavy atom. The van der Waals surface area contributed by atoms with Crippen molar-refractivity contribution in [3.05, 3.63) is 92.1 Å². The van der Waals surface area contributed by atoms with Crippen molar-refractivity contribution >= 4 is 40.1 Å². The minimum absolute atomic E-state index is 0.158. The fraction of sp³-hybridized carbons (Fsp3) is 0.182. The number of aryl methyl sites for hydroxylation is 1. The van der Waals surface area contributed by atoms with Crippen LogP contribution in [0, 0.1) is 6.92 Å². The minimum atomic E-state index is -0.336. The summed E-state index contributed by atoms with van der Waals surface area (Å²) in [5.41, 5.74) is 2.79. The van der Waals surface area contributed by atoms with Crippen molar-refractivity contribution < 1.29 is 4.79 Å². The van der Waals surface area contributed by atoms with Gasteiger partial charge in [0.25, 0.3) is 11.5 Å². The van der Waals surface area contributed by atoms with Crippen molar-refractivity contribution in [2.24, 2.45) is 0 Å². The van der Waals surface area contributed by atoms with Crippen molar-refractivity contribution in [2.45, 2.75) is 20.0 Å². The second-order valence-corrected chi connectivity index (χ2v) is 7.93. The molecule has 2 aromatic carbocycles. The second kappa shape index (κ2) is 8.91. The van der Waals surface area contributed by atoms with Gasteiger partial charge in [0.2, 0.25) is 0 Å². The van der Waals surface area contributed by atoms with Crippen LogP contribution in [-0.4, -0.2) is 31.8 Å². The van der Waals surface area contributed by atoms with Crippen molar-refractivity contribution in [3.63, 3.8) is 0 Å². The zero-order valence-corrected chi connectivity index (χ0v) is 18.2. The van der Waals surface area contributed by atoms with Gasteiger partial charge in [0, 0.05) is 11.6 Å². The summed E-state index contributed by atoms with van der Waals surface area (Å²) in [6.45, 7) is 3.08. The molecule has 0 bridgehead atoms. The molecule has 0 saturated carbocycles. The lowest BCUT2D eigenvalue weighted by Crippen LogP contribution is -2.28. The van der Waals surface area contributed by atoms with Gasteiger partial charge in [-0.3, -0.25) is 14.2 Å². The molecule has 158 valence electrons. The smallest absolute Gasteiger partial charge is 0.264 e. The van der Waals surface area contributed by atoms with Crippen LogP contribution in [0.4, 0.5) is 0 Å². The van der Waals surface area contributed by atoms with Gasteiger partial charge in [-0.1, -0.05) is 47.5 Å². The summed E-state index contributed by atoms with van der Waals surface area (Å²) in [6.07, 6.45) is 3.04. The molecular weight excluding hydrogens is 437 g/mol. The second-order valence-electron chi connectivity index (χ2n) is 7.09. The van der Waals surface area contributed by atoms with E-state index in [1.807, 2.05) is 31.2 Å². The minimum Gasteiger partial charge on any atom is -0.350 e. The normalized spacial score (nSPS) is 11.1. The molecule has 0 saturated heterocycles. The molecular formula is C22H19Cl2N5O2. The molecule has 0 radical (unpaired) electrons. The first-order valence-electron chi connectivity index (χ1n) is 9.63. The molecule has 4 rings (SSSR count). The molecule has 0 aliphatic heterocycles. The van der Waals surface area contributed by atoms with Gasteiger partial charge in [-0.2, -0.15) is 5.10 Å². The lowest BCUT2D eigenvalue weighted by Gasteiger charge is -2.09. The van der Waals surface area contributed by atoms with E-state index >= 15 is 0 Å². The van der Waals surface area contributed by atoms with Crippen LogP contribution in [0.2, 0.25) is 10.0 Å². The SMILES string of the molecule is Cc1ccccc1Cn1cnc2c(cnn2CCNC(=O)c2cc(Cl)ccc2Cl)c1=O. The summed E-state index contributed by atoms with van der Waals surface area (Å²) >= 11 is 12.0. The molecule has 1 N–H and O–H groups in total. The molecule has 0 fully saturated rings. The van der Waals surface area contributed by atoms with Crippen molar-refractivity contribution in [1.82, 2.24) is 24.6 Å². The fourth-order valence-electron chi connectivity index (χ4n) is 3.29. The van der Waals surface area contributed by atoms with Crippen molar-refractivity contribution in [3.8, 4) is 0 Å². The number of hydrogen-bond donors (Lipinski definition) is 1. The van der Waals surface area contributed by atoms with E-state index in [-0.39, 0.29) is 18.0 Å². The van der Waals surface area contributed by atoms with Gasteiger partial charge in [0.05, 0.1) is 29.9 Å². The molecule has 4 aromatic rings. The van der Waals surface area contributed by atoms with Gasteiger partial charge in [-0.25, -0.2) is 9.67 Å².